The van der Waals surface area contributed by atoms with Gasteiger partial charge in [-0.25, -0.2) is 0 Å². The minimum absolute atomic E-state index is 0. The Hall–Kier alpha value is -0.800. The van der Waals surface area contributed by atoms with Crippen LogP contribution < -0.4 is 10.6 Å². The summed E-state index contributed by atoms with van der Waals surface area (Å²) >= 11 is 0. The molecule has 1 aliphatic heterocycles. The number of rotatable bonds is 10. The Morgan fingerprint density at radius 2 is 2.00 bits per heavy atom. The molecular formula is C21H36IN3O3. The van der Waals surface area contributed by atoms with E-state index >= 15 is 0 Å². The predicted octanol–water partition coefficient (Wildman–Crippen LogP) is 3.75. The van der Waals surface area contributed by atoms with Gasteiger partial charge in [-0.3, -0.25) is 4.99 Å². The zero-order valence-corrected chi connectivity index (χ0v) is 19.2. The highest BCUT2D eigenvalue weighted by molar-refractivity contribution is 14.0. The summed E-state index contributed by atoms with van der Waals surface area (Å²) in [4.78, 5) is 4.75. The molecule has 2 heterocycles. The third-order valence-electron chi connectivity index (χ3n) is 5.35. The van der Waals surface area contributed by atoms with Crippen molar-refractivity contribution in [2.75, 3.05) is 39.5 Å². The first kappa shape index (κ1) is 23.5. The Labute approximate surface area is 186 Å². The number of hydrogen-bond acceptors (Lipinski definition) is 4. The molecule has 28 heavy (non-hydrogen) atoms. The standard InChI is InChI=1S/C21H35N3O3.HI/c1-2-6-19(5-1)24-21(23-12-8-20-7-3-14-27-20)22-11-4-13-26-17-18-9-15-25-16-10-18;/h3,7,14,18-19H,1-2,4-6,8-13,15-17H2,(H2,22,23,24);1H. The van der Waals surface area contributed by atoms with Crippen molar-refractivity contribution >= 4 is 29.9 Å². The molecule has 2 N–H and O–H groups in total. The van der Waals surface area contributed by atoms with Crippen molar-refractivity contribution in [1.29, 1.82) is 0 Å². The maximum Gasteiger partial charge on any atom is 0.191 e. The van der Waals surface area contributed by atoms with Gasteiger partial charge >= 0.3 is 0 Å². The number of halogens is 1. The SMILES string of the molecule is I.c1coc(CCNC(=NCCCOCC2CCOCC2)NC2CCCC2)c1. The Bertz CT molecular complexity index is 527. The van der Waals surface area contributed by atoms with Gasteiger partial charge in [0.1, 0.15) is 5.76 Å². The van der Waals surface area contributed by atoms with Gasteiger partial charge in [-0.05, 0) is 50.2 Å². The number of aliphatic imine (C=N–C) groups is 1. The lowest BCUT2D eigenvalue weighted by Gasteiger charge is -2.21. The molecule has 0 amide bonds. The highest BCUT2D eigenvalue weighted by Crippen LogP contribution is 2.17. The molecule has 0 aromatic carbocycles. The summed E-state index contributed by atoms with van der Waals surface area (Å²) in [5.74, 6) is 2.60. The molecule has 0 bridgehead atoms. The van der Waals surface area contributed by atoms with Crippen LogP contribution in [0.4, 0.5) is 0 Å². The first-order chi connectivity index (χ1) is 13.4. The van der Waals surface area contributed by atoms with E-state index in [0.29, 0.717) is 12.0 Å². The second-order valence-corrected chi connectivity index (χ2v) is 7.60. The highest BCUT2D eigenvalue weighted by Gasteiger charge is 2.16. The summed E-state index contributed by atoms with van der Waals surface area (Å²) in [5, 5.41) is 7.04. The summed E-state index contributed by atoms with van der Waals surface area (Å²) in [7, 11) is 0. The molecule has 1 saturated heterocycles. The van der Waals surface area contributed by atoms with Gasteiger partial charge in [0.15, 0.2) is 5.96 Å². The average molecular weight is 505 g/mol. The molecule has 160 valence electrons. The summed E-state index contributed by atoms with van der Waals surface area (Å²) < 4.78 is 16.6. The molecule has 1 aromatic rings. The molecule has 2 fully saturated rings. The van der Waals surface area contributed by atoms with Gasteiger partial charge in [-0.1, -0.05) is 12.8 Å². The molecule has 0 unspecified atom stereocenters. The van der Waals surface area contributed by atoms with Gasteiger partial charge in [-0.2, -0.15) is 0 Å². The van der Waals surface area contributed by atoms with Gasteiger partial charge in [0.25, 0.3) is 0 Å². The van der Waals surface area contributed by atoms with Crippen molar-refractivity contribution in [3.8, 4) is 0 Å². The van der Waals surface area contributed by atoms with Crippen LogP contribution in [0.3, 0.4) is 0 Å². The van der Waals surface area contributed by atoms with Crippen LogP contribution in [0.2, 0.25) is 0 Å². The van der Waals surface area contributed by atoms with E-state index in [1.807, 2.05) is 12.1 Å². The Kier molecular flexibility index (Phi) is 11.9. The number of nitrogens with one attached hydrogen (secondary N) is 2. The number of ether oxygens (including phenoxy) is 2. The fourth-order valence-corrected chi connectivity index (χ4v) is 3.70. The van der Waals surface area contributed by atoms with E-state index in [1.54, 1.807) is 6.26 Å². The van der Waals surface area contributed by atoms with Gasteiger partial charge < -0.3 is 24.5 Å². The average Bonchev–Trinajstić information content (AvgIpc) is 3.39. The van der Waals surface area contributed by atoms with E-state index in [1.165, 1.54) is 25.7 Å². The Morgan fingerprint density at radius 3 is 2.75 bits per heavy atom. The summed E-state index contributed by atoms with van der Waals surface area (Å²) in [6.07, 6.45) is 10.9. The molecule has 1 aliphatic carbocycles. The molecule has 0 atom stereocenters. The van der Waals surface area contributed by atoms with Crippen molar-refractivity contribution in [3.63, 3.8) is 0 Å². The first-order valence-electron chi connectivity index (χ1n) is 10.6. The van der Waals surface area contributed by atoms with E-state index < -0.39 is 0 Å². The van der Waals surface area contributed by atoms with Crippen LogP contribution in [-0.4, -0.2) is 51.5 Å². The molecule has 1 saturated carbocycles. The highest BCUT2D eigenvalue weighted by atomic mass is 127. The molecule has 6 nitrogen and oxygen atoms in total. The minimum Gasteiger partial charge on any atom is -0.469 e. The number of guanidine groups is 1. The Morgan fingerprint density at radius 1 is 1.18 bits per heavy atom. The van der Waals surface area contributed by atoms with E-state index in [4.69, 9.17) is 18.9 Å². The van der Waals surface area contributed by atoms with E-state index in [-0.39, 0.29) is 24.0 Å². The van der Waals surface area contributed by atoms with Crippen molar-refractivity contribution in [2.24, 2.45) is 10.9 Å². The molecule has 2 aliphatic rings. The van der Waals surface area contributed by atoms with Crippen LogP contribution in [0.1, 0.15) is 50.7 Å². The van der Waals surface area contributed by atoms with Crippen LogP contribution in [0, 0.1) is 5.92 Å². The van der Waals surface area contributed by atoms with E-state index in [0.717, 1.165) is 76.9 Å². The molecule has 3 rings (SSSR count). The Balaban J connectivity index is 0.00000280. The van der Waals surface area contributed by atoms with E-state index in [9.17, 15) is 0 Å². The summed E-state index contributed by atoms with van der Waals surface area (Å²) in [6, 6.07) is 4.50. The van der Waals surface area contributed by atoms with Crippen LogP contribution in [0.15, 0.2) is 27.8 Å². The second-order valence-electron chi connectivity index (χ2n) is 7.60. The van der Waals surface area contributed by atoms with Crippen LogP contribution in [0.25, 0.3) is 0 Å². The zero-order valence-electron chi connectivity index (χ0n) is 16.9. The lowest BCUT2D eigenvalue weighted by Crippen LogP contribution is -2.43. The van der Waals surface area contributed by atoms with Crippen LogP contribution >= 0.6 is 24.0 Å². The fraction of sp³-hybridized carbons (Fsp3) is 0.762. The van der Waals surface area contributed by atoms with Crippen LogP contribution in [0.5, 0.6) is 0 Å². The van der Waals surface area contributed by atoms with Crippen molar-refractivity contribution in [2.45, 2.75) is 57.4 Å². The largest absolute Gasteiger partial charge is 0.469 e. The van der Waals surface area contributed by atoms with Crippen molar-refractivity contribution in [1.82, 2.24) is 10.6 Å². The van der Waals surface area contributed by atoms with Gasteiger partial charge in [-0.15, -0.1) is 24.0 Å². The molecule has 0 spiro atoms. The van der Waals surface area contributed by atoms with Gasteiger partial charge in [0.05, 0.1) is 6.26 Å². The normalized spacial score (nSPS) is 18.8. The summed E-state index contributed by atoms with van der Waals surface area (Å²) in [5.41, 5.74) is 0. The molecule has 0 radical (unpaired) electrons. The number of hydrogen-bond donors (Lipinski definition) is 2. The first-order valence-corrected chi connectivity index (χ1v) is 10.6. The van der Waals surface area contributed by atoms with Crippen molar-refractivity contribution < 1.29 is 13.9 Å². The minimum atomic E-state index is 0. The van der Waals surface area contributed by atoms with E-state index in [2.05, 4.69) is 10.6 Å². The third kappa shape index (κ3) is 9.13. The second kappa shape index (κ2) is 14.2. The topological polar surface area (TPSA) is 68.0 Å². The lowest BCUT2D eigenvalue weighted by molar-refractivity contribution is 0.0205. The zero-order chi connectivity index (χ0) is 18.6. The molecule has 7 heteroatoms. The maximum absolute atomic E-state index is 5.84. The summed E-state index contributed by atoms with van der Waals surface area (Å²) in [6.45, 7) is 5.03. The smallest absolute Gasteiger partial charge is 0.191 e. The number of furan rings is 1. The monoisotopic (exact) mass is 505 g/mol. The molecule has 1 aromatic heterocycles. The van der Waals surface area contributed by atoms with Gasteiger partial charge in [0.2, 0.25) is 0 Å². The lowest BCUT2D eigenvalue weighted by atomic mass is 10.0. The van der Waals surface area contributed by atoms with Crippen molar-refractivity contribution in [3.05, 3.63) is 24.2 Å². The predicted molar refractivity (Wildman–Crippen MR) is 123 cm³/mol. The maximum atomic E-state index is 5.84. The fourth-order valence-electron chi connectivity index (χ4n) is 3.70. The molecular weight excluding hydrogens is 469 g/mol. The number of nitrogens with zero attached hydrogens (tertiary/aromatic N) is 1. The van der Waals surface area contributed by atoms with Gasteiger partial charge in [0, 0.05) is 52.0 Å². The van der Waals surface area contributed by atoms with Crippen LogP contribution in [-0.2, 0) is 15.9 Å². The third-order valence-corrected chi connectivity index (χ3v) is 5.35. The quantitative estimate of drug-likeness (QED) is 0.220.